The van der Waals surface area contributed by atoms with Gasteiger partial charge in [0.15, 0.2) is 5.75 Å². The summed E-state index contributed by atoms with van der Waals surface area (Å²) in [4.78, 5) is 9.79. The van der Waals surface area contributed by atoms with E-state index in [-0.39, 0.29) is 11.9 Å². The van der Waals surface area contributed by atoms with Crippen molar-refractivity contribution in [3.63, 3.8) is 0 Å². The molecular weight excluding hydrogens is 170 g/mol. The molecule has 0 amide bonds. The lowest BCUT2D eigenvalue weighted by atomic mass is 10.3. The quantitative estimate of drug-likeness (QED) is 0.625. The van der Waals surface area contributed by atoms with E-state index in [0.29, 0.717) is 12.5 Å². The van der Waals surface area contributed by atoms with Gasteiger partial charge in [-0.3, -0.25) is 0 Å². The maximum absolute atomic E-state index is 9.27. The van der Waals surface area contributed by atoms with Crippen molar-refractivity contribution in [2.45, 2.75) is 12.5 Å². The third kappa shape index (κ3) is 1.70. The number of nitrogens with zero attached hydrogens (tertiary/aromatic N) is 3. The summed E-state index contributed by atoms with van der Waals surface area (Å²) in [5, 5.41) is 18.2. The molecule has 5 nitrogen and oxygen atoms in total. The standard InChI is InChI=1S/C8H11N3O2/c12-6-1-2-11(5-6)8-9-3-7(13)4-10-8/h3-4,6,12-13H,1-2,5H2/t6-/m1/s1. The predicted molar refractivity (Wildman–Crippen MR) is 46.5 cm³/mol. The van der Waals surface area contributed by atoms with Crippen LogP contribution in [0.1, 0.15) is 6.42 Å². The van der Waals surface area contributed by atoms with Crippen LogP contribution in [-0.2, 0) is 0 Å². The summed E-state index contributed by atoms with van der Waals surface area (Å²) in [6.45, 7) is 1.34. The number of aromatic nitrogens is 2. The highest BCUT2D eigenvalue weighted by Gasteiger charge is 2.21. The number of β-amino-alcohol motifs (C(OH)–C–C–N with tert-alkyl or cyclic N) is 1. The molecule has 1 saturated heterocycles. The normalized spacial score (nSPS) is 22.2. The van der Waals surface area contributed by atoms with Crippen LogP contribution in [0.15, 0.2) is 12.4 Å². The molecule has 0 aliphatic carbocycles. The van der Waals surface area contributed by atoms with Gasteiger partial charge in [0, 0.05) is 13.1 Å². The molecule has 0 radical (unpaired) electrons. The summed E-state index contributed by atoms with van der Waals surface area (Å²) >= 11 is 0. The average molecular weight is 181 g/mol. The second-order valence-corrected chi connectivity index (χ2v) is 3.13. The van der Waals surface area contributed by atoms with E-state index >= 15 is 0 Å². The van der Waals surface area contributed by atoms with E-state index in [1.54, 1.807) is 0 Å². The first-order valence-electron chi connectivity index (χ1n) is 4.20. The molecule has 70 valence electrons. The van der Waals surface area contributed by atoms with Crippen LogP contribution < -0.4 is 4.90 Å². The van der Waals surface area contributed by atoms with Gasteiger partial charge in [-0.1, -0.05) is 0 Å². The Morgan fingerprint density at radius 3 is 2.62 bits per heavy atom. The maximum Gasteiger partial charge on any atom is 0.225 e. The van der Waals surface area contributed by atoms with Crippen LogP contribution in [0.5, 0.6) is 5.75 Å². The number of hydrogen-bond acceptors (Lipinski definition) is 5. The highest BCUT2D eigenvalue weighted by atomic mass is 16.3. The number of aromatic hydroxyl groups is 1. The molecule has 1 aliphatic heterocycles. The number of hydrogen-bond donors (Lipinski definition) is 2. The molecule has 1 fully saturated rings. The molecule has 0 saturated carbocycles. The predicted octanol–water partition coefficient (Wildman–Crippen LogP) is -0.247. The van der Waals surface area contributed by atoms with Crippen molar-refractivity contribution >= 4 is 5.95 Å². The molecular formula is C8H11N3O2. The Hall–Kier alpha value is -1.36. The molecule has 0 spiro atoms. The number of rotatable bonds is 1. The highest BCUT2D eigenvalue weighted by Crippen LogP contribution is 2.16. The Morgan fingerprint density at radius 1 is 1.38 bits per heavy atom. The molecule has 13 heavy (non-hydrogen) atoms. The molecule has 1 aliphatic rings. The maximum atomic E-state index is 9.27. The second kappa shape index (κ2) is 3.18. The van der Waals surface area contributed by atoms with Gasteiger partial charge < -0.3 is 15.1 Å². The average Bonchev–Trinajstić information content (AvgIpc) is 2.53. The van der Waals surface area contributed by atoms with Crippen molar-refractivity contribution < 1.29 is 10.2 Å². The van der Waals surface area contributed by atoms with E-state index in [1.807, 2.05) is 4.90 Å². The van der Waals surface area contributed by atoms with Gasteiger partial charge in [-0.2, -0.15) is 0 Å². The van der Waals surface area contributed by atoms with Crippen LogP contribution in [0.3, 0.4) is 0 Å². The minimum Gasteiger partial charge on any atom is -0.505 e. The zero-order chi connectivity index (χ0) is 9.26. The fourth-order valence-electron chi connectivity index (χ4n) is 1.40. The zero-order valence-corrected chi connectivity index (χ0v) is 7.09. The van der Waals surface area contributed by atoms with Crippen LogP contribution in [0.25, 0.3) is 0 Å². The first-order chi connectivity index (χ1) is 6.25. The van der Waals surface area contributed by atoms with Crippen LogP contribution in [0.4, 0.5) is 5.95 Å². The lowest BCUT2D eigenvalue weighted by molar-refractivity contribution is 0.198. The first kappa shape index (κ1) is 8.25. The summed E-state index contributed by atoms with van der Waals surface area (Å²) in [6.07, 6.45) is 3.18. The third-order valence-electron chi connectivity index (χ3n) is 2.07. The van der Waals surface area contributed by atoms with Crippen molar-refractivity contribution in [3.8, 4) is 5.75 Å². The fourth-order valence-corrected chi connectivity index (χ4v) is 1.40. The van der Waals surface area contributed by atoms with Gasteiger partial charge >= 0.3 is 0 Å². The van der Waals surface area contributed by atoms with Gasteiger partial charge in [0.25, 0.3) is 0 Å². The Morgan fingerprint density at radius 2 is 2.08 bits per heavy atom. The monoisotopic (exact) mass is 181 g/mol. The topological polar surface area (TPSA) is 69.5 Å². The minimum atomic E-state index is -0.280. The van der Waals surface area contributed by atoms with Crippen LogP contribution in [0.2, 0.25) is 0 Å². The first-order valence-corrected chi connectivity index (χ1v) is 4.20. The van der Waals surface area contributed by atoms with Crippen LogP contribution in [0, 0.1) is 0 Å². The summed E-state index contributed by atoms with van der Waals surface area (Å²) in [5.41, 5.74) is 0. The Labute approximate surface area is 75.7 Å². The molecule has 0 unspecified atom stereocenters. The fraction of sp³-hybridized carbons (Fsp3) is 0.500. The van der Waals surface area contributed by atoms with Crippen molar-refractivity contribution in [1.82, 2.24) is 9.97 Å². The smallest absolute Gasteiger partial charge is 0.225 e. The van der Waals surface area contributed by atoms with Gasteiger partial charge in [-0.05, 0) is 6.42 Å². The lowest BCUT2D eigenvalue weighted by Crippen LogP contribution is -2.23. The summed E-state index contributed by atoms with van der Waals surface area (Å²) in [7, 11) is 0. The molecule has 0 bridgehead atoms. The molecule has 2 heterocycles. The number of aliphatic hydroxyl groups is 1. The third-order valence-corrected chi connectivity index (χ3v) is 2.07. The van der Waals surface area contributed by atoms with Crippen LogP contribution >= 0.6 is 0 Å². The van der Waals surface area contributed by atoms with Crippen molar-refractivity contribution in [1.29, 1.82) is 0 Å². The second-order valence-electron chi connectivity index (χ2n) is 3.13. The van der Waals surface area contributed by atoms with E-state index in [1.165, 1.54) is 12.4 Å². The largest absolute Gasteiger partial charge is 0.505 e. The molecule has 2 N–H and O–H groups in total. The molecule has 1 aromatic heterocycles. The van der Waals surface area contributed by atoms with Crippen LogP contribution in [-0.4, -0.2) is 39.4 Å². The van der Waals surface area contributed by atoms with Gasteiger partial charge in [0.05, 0.1) is 18.5 Å². The lowest BCUT2D eigenvalue weighted by Gasteiger charge is -2.14. The zero-order valence-electron chi connectivity index (χ0n) is 7.09. The minimum absolute atomic E-state index is 0.0588. The highest BCUT2D eigenvalue weighted by molar-refractivity contribution is 5.32. The van der Waals surface area contributed by atoms with Gasteiger partial charge in [-0.25, -0.2) is 9.97 Å². The summed E-state index contributed by atoms with van der Waals surface area (Å²) in [6, 6.07) is 0. The molecule has 0 aromatic carbocycles. The Balaban J connectivity index is 2.13. The van der Waals surface area contributed by atoms with E-state index < -0.39 is 0 Å². The number of anilines is 1. The van der Waals surface area contributed by atoms with Gasteiger partial charge in [-0.15, -0.1) is 0 Å². The van der Waals surface area contributed by atoms with Gasteiger partial charge in [0.1, 0.15) is 0 Å². The molecule has 2 rings (SSSR count). The number of aliphatic hydroxyl groups excluding tert-OH is 1. The van der Waals surface area contributed by atoms with E-state index in [4.69, 9.17) is 5.11 Å². The molecule has 5 heteroatoms. The van der Waals surface area contributed by atoms with Crippen molar-refractivity contribution in [2.24, 2.45) is 0 Å². The molecule has 1 atom stereocenters. The summed E-state index contributed by atoms with van der Waals surface area (Å²) < 4.78 is 0. The van der Waals surface area contributed by atoms with Gasteiger partial charge in [0.2, 0.25) is 5.95 Å². The van der Waals surface area contributed by atoms with E-state index in [9.17, 15) is 5.11 Å². The summed E-state index contributed by atoms with van der Waals surface area (Å²) in [5.74, 6) is 0.623. The van der Waals surface area contributed by atoms with E-state index in [0.717, 1.165) is 13.0 Å². The Kier molecular flexibility index (Phi) is 2.02. The molecule has 1 aromatic rings. The van der Waals surface area contributed by atoms with Crippen molar-refractivity contribution in [3.05, 3.63) is 12.4 Å². The Bertz CT molecular complexity index is 288. The van der Waals surface area contributed by atoms with Crippen molar-refractivity contribution in [2.75, 3.05) is 18.0 Å². The SMILES string of the molecule is Oc1cnc(N2CC[C@@H](O)C2)nc1. The van der Waals surface area contributed by atoms with E-state index in [2.05, 4.69) is 9.97 Å².